The summed E-state index contributed by atoms with van der Waals surface area (Å²) in [6, 6.07) is 7.52. The average Bonchev–Trinajstić information content (AvgIpc) is 2.82. The summed E-state index contributed by atoms with van der Waals surface area (Å²) in [7, 11) is 2.97. The summed E-state index contributed by atoms with van der Waals surface area (Å²) in [6.45, 7) is 4.12. The van der Waals surface area contributed by atoms with Gasteiger partial charge in [0.15, 0.2) is 0 Å². The molecule has 1 heterocycles. The molecule has 0 aromatic heterocycles. The summed E-state index contributed by atoms with van der Waals surface area (Å²) in [5, 5.41) is 0. The van der Waals surface area contributed by atoms with Crippen molar-refractivity contribution < 1.29 is 19.1 Å². The van der Waals surface area contributed by atoms with Crippen molar-refractivity contribution >= 4 is 11.9 Å². The largest absolute Gasteiger partial charge is 0.497 e. The molecule has 1 saturated heterocycles. The Morgan fingerprint density at radius 3 is 2.43 bits per heavy atom. The lowest BCUT2D eigenvalue weighted by molar-refractivity contribution is -0.151. The first-order valence-electron chi connectivity index (χ1n) is 6.93. The van der Waals surface area contributed by atoms with Gasteiger partial charge in [0.2, 0.25) is 5.91 Å². The van der Waals surface area contributed by atoms with E-state index in [-0.39, 0.29) is 24.3 Å². The minimum atomic E-state index is -0.757. The number of nitrogens with zero attached hydrogens (tertiary/aromatic N) is 1. The Bertz CT molecular complexity index is 540. The SMILES string of the molecule is COC(=O)C1(C)CC(=O)N([C@@H](C)c2ccc(OC)cc2)C1. The van der Waals surface area contributed by atoms with Crippen molar-refractivity contribution in [2.24, 2.45) is 5.41 Å². The van der Waals surface area contributed by atoms with Crippen LogP contribution in [0.2, 0.25) is 0 Å². The van der Waals surface area contributed by atoms with Gasteiger partial charge in [-0.3, -0.25) is 9.59 Å². The van der Waals surface area contributed by atoms with Crippen molar-refractivity contribution in [1.29, 1.82) is 0 Å². The molecular formula is C16H21NO4. The fourth-order valence-corrected chi connectivity index (χ4v) is 2.75. The van der Waals surface area contributed by atoms with Crippen LogP contribution in [0.15, 0.2) is 24.3 Å². The van der Waals surface area contributed by atoms with Crippen molar-refractivity contribution in [2.75, 3.05) is 20.8 Å². The van der Waals surface area contributed by atoms with Crippen LogP contribution in [0.5, 0.6) is 5.75 Å². The summed E-state index contributed by atoms with van der Waals surface area (Å²) < 4.78 is 9.95. The molecule has 1 amide bonds. The van der Waals surface area contributed by atoms with Gasteiger partial charge < -0.3 is 14.4 Å². The number of benzene rings is 1. The van der Waals surface area contributed by atoms with Crippen LogP contribution in [-0.4, -0.2) is 37.5 Å². The third-order valence-corrected chi connectivity index (χ3v) is 4.12. The summed E-state index contributed by atoms with van der Waals surface area (Å²) in [5.41, 5.74) is 0.255. The number of carbonyl (C=O) groups excluding carboxylic acids is 2. The van der Waals surface area contributed by atoms with Crippen molar-refractivity contribution in [2.45, 2.75) is 26.3 Å². The number of ether oxygens (including phenoxy) is 2. The zero-order valence-corrected chi connectivity index (χ0v) is 12.9. The minimum absolute atomic E-state index is 0.0220. The van der Waals surface area contributed by atoms with Crippen molar-refractivity contribution in [3.8, 4) is 5.75 Å². The summed E-state index contributed by atoms with van der Waals surface area (Å²) in [5.74, 6) is 0.421. The molecule has 1 aliphatic rings. The van der Waals surface area contributed by atoms with Crippen LogP contribution >= 0.6 is 0 Å². The van der Waals surface area contributed by atoms with Crippen LogP contribution in [0, 0.1) is 5.41 Å². The Kier molecular flexibility index (Phi) is 4.21. The number of likely N-dealkylation sites (tertiary alicyclic amines) is 1. The molecule has 1 aromatic rings. The highest BCUT2D eigenvalue weighted by Crippen LogP contribution is 2.37. The molecule has 1 fully saturated rings. The summed E-state index contributed by atoms with van der Waals surface area (Å²) in [6.07, 6.45) is 0.195. The van der Waals surface area contributed by atoms with Crippen LogP contribution in [0.25, 0.3) is 0 Å². The summed E-state index contributed by atoms with van der Waals surface area (Å²) in [4.78, 5) is 25.8. The van der Waals surface area contributed by atoms with E-state index < -0.39 is 5.41 Å². The quantitative estimate of drug-likeness (QED) is 0.798. The fraction of sp³-hybridized carbons (Fsp3) is 0.500. The topological polar surface area (TPSA) is 55.8 Å². The van der Waals surface area contributed by atoms with Gasteiger partial charge in [0.05, 0.1) is 25.7 Å². The van der Waals surface area contributed by atoms with Gasteiger partial charge in [-0.05, 0) is 31.5 Å². The molecule has 2 rings (SSSR count). The van der Waals surface area contributed by atoms with Crippen LogP contribution < -0.4 is 4.74 Å². The lowest BCUT2D eigenvalue weighted by atomic mass is 9.90. The van der Waals surface area contributed by atoms with Gasteiger partial charge in [-0.25, -0.2) is 0 Å². The van der Waals surface area contributed by atoms with E-state index in [1.807, 2.05) is 31.2 Å². The van der Waals surface area contributed by atoms with Gasteiger partial charge in [0.1, 0.15) is 5.75 Å². The van der Waals surface area contributed by atoms with Crippen LogP contribution in [-0.2, 0) is 14.3 Å². The molecule has 0 saturated carbocycles. The maximum Gasteiger partial charge on any atom is 0.313 e. The molecule has 1 aliphatic heterocycles. The summed E-state index contributed by atoms with van der Waals surface area (Å²) >= 11 is 0. The van der Waals surface area contributed by atoms with E-state index >= 15 is 0 Å². The Morgan fingerprint density at radius 2 is 1.90 bits per heavy atom. The molecule has 1 unspecified atom stereocenters. The molecule has 2 atom stereocenters. The lowest BCUT2D eigenvalue weighted by Gasteiger charge is -2.27. The highest BCUT2D eigenvalue weighted by Gasteiger charge is 2.47. The minimum Gasteiger partial charge on any atom is -0.497 e. The Labute approximate surface area is 124 Å². The normalized spacial score (nSPS) is 23.0. The molecule has 0 aliphatic carbocycles. The maximum atomic E-state index is 12.2. The Balaban J connectivity index is 2.17. The number of rotatable bonds is 4. The first-order chi connectivity index (χ1) is 9.91. The second-order valence-electron chi connectivity index (χ2n) is 5.70. The van der Waals surface area contributed by atoms with Crippen molar-refractivity contribution in [3.05, 3.63) is 29.8 Å². The second kappa shape index (κ2) is 5.76. The van der Waals surface area contributed by atoms with Gasteiger partial charge in [-0.2, -0.15) is 0 Å². The number of esters is 1. The van der Waals surface area contributed by atoms with E-state index in [2.05, 4.69) is 0 Å². The lowest BCUT2D eigenvalue weighted by Crippen LogP contribution is -2.34. The first kappa shape index (κ1) is 15.4. The molecule has 0 bridgehead atoms. The molecule has 0 radical (unpaired) electrons. The molecule has 5 heteroatoms. The maximum absolute atomic E-state index is 12.2. The average molecular weight is 291 g/mol. The third-order valence-electron chi connectivity index (χ3n) is 4.12. The fourth-order valence-electron chi connectivity index (χ4n) is 2.75. The standard InChI is InChI=1S/C16H21NO4/c1-11(12-5-7-13(20-3)8-6-12)17-10-16(2,9-14(17)18)15(19)21-4/h5-8,11H,9-10H2,1-4H3/t11-,16?/m0/s1. The molecule has 21 heavy (non-hydrogen) atoms. The van der Waals surface area contributed by atoms with Crippen molar-refractivity contribution in [3.63, 3.8) is 0 Å². The second-order valence-corrected chi connectivity index (χ2v) is 5.70. The van der Waals surface area contributed by atoms with Gasteiger partial charge in [-0.15, -0.1) is 0 Å². The molecule has 0 spiro atoms. The molecule has 114 valence electrons. The zero-order valence-electron chi connectivity index (χ0n) is 12.9. The smallest absolute Gasteiger partial charge is 0.313 e. The van der Waals surface area contributed by atoms with Gasteiger partial charge in [0, 0.05) is 13.0 Å². The van der Waals surface area contributed by atoms with Gasteiger partial charge >= 0.3 is 5.97 Å². The highest BCUT2D eigenvalue weighted by atomic mass is 16.5. The predicted octanol–water partition coefficient (Wildman–Crippen LogP) is 2.17. The number of hydrogen-bond donors (Lipinski definition) is 0. The predicted molar refractivity (Wildman–Crippen MR) is 77.9 cm³/mol. The molecule has 0 N–H and O–H groups in total. The molecule has 1 aromatic carbocycles. The monoisotopic (exact) mass is 291 g/mol. The van der Waals surface area contributed by atoms with Gasteiger partial charge in [-0.1, -0.05) is 12.1 Å². The highest BCUT2D eigenvalue weighted by molar-refractivity contribution is 5.89. The Morgan fingerprint density at radius 1 is 1.29 bits per heavy atom. The van der Waals surface area contributed by atoms with E-state index in [1.54, 1.807) is 18.9 Å². The molecule has 5 nitrogen and oxygen atoms in total. The van der Waals surface area contributed by atoms with E-state index in [4.69, 9.17) is 9.47 Å². The number of amides is 1. The third kappa shape index (κ3) is 2.86. The van der Waals surface area contributed by atoms with E-state index in [9.17, 15) is 9.59 Å². The van der Waals surface area contributed by atoms with Crippen molar-refractivity contribution in [1.82, 2.24) is 4.90 Å². The van der Waals surface area contributed by atoms with Gasteiger partial charge in [0.25, 0.3) is 0 Å². The van der Waals surface area contributed by atoms with Crippen LogP contribution in [0.1, 0.15) is 31.9 Å². The zero-order chi connectivity index (χ0) is 15.6. The Hall–Kier alpha value is -2.04. The number of hydrogen-bond acceptors (Lipinski definition) is 4. The number of carbonyl (C=O) groups is 2. The molecular weight excluding hydrogens is 270 g/mol. The van der Waals surface area contributed by atoms with E-state index in [1.165, 1.54) is 7.11 Å². The van der Waals surface area contributed by atoms with Crippen LogP contribution in [0.4, 0.5) is 0 Å². The number of methoxy groups -OCH3 is 2. The van der Waals surface area contributed by atoms with E-state index in [0.29, 0.717) is 6.54 Å². The first-order valence-corrected chi connectivity index (χ1v) is 6.93. The van der Waals surface area contributed by atoms with E-state index in [0.717, 1.165) is 11.3 Å². The van der Waals surface area contributed by atoms with Crippen LogP contribution in [0.3, 0.4) is 0 Å².